The molecule has 0 spiro atoms. The van der Waals surface area contributed by atoms with Crippen molar-refractivity contribution >= 4 is 140 Å². The Balaban J connectivity index is 1.09. The van der Waals surface area contributed by atoms with E-state index in [4.69, 9.17) is 22.9 Å². The van der Waals surface area contributed by atoms with Crippen LogP contribution in [0, 0.1) is 0 Å². The summed E-state index contributed by atoms with van der Waals surface area (Å²) in [5.41, 5.74) is 25.7. The number of H-pyrrole nitrogens is 3. The first-order valence-electron chi connectivity index (χ1n) is 44.1. The highest BCUT2D eigenvalue weighted by Crippen LogP contribution is 2.28. The number of para-hydroxylation sites is 2. The lowest BCUT2D eigenvalue weighted by atomic mass is 10.00. The standard InChI is InChI=1S/C88H121N23O21S/c1-7-9-20-67-81(125)99-58(29-30-89)77(121)106-66(76(120)96-41-73(92)117)44-133-45-74(118)98-62(32-48-23-25-52(113)26-24-48)84(128)107(4)47(3)75(119)103-64(37-72(91)116)87(131)110-31-15-22-68(110)82(126)102-61(35-51-40-93-46-97-51)79(123)100-59(27-28-71(90)115)86(130)111-42-53(114)36-70(111)83(127)101-60(33-49-38-94-56-18-13-11-16-54(49)56)78(122)105-65(43-112)80(124)104-63(34-50-39-95-57-19-14-12-17-55(50)57)85(129)109(6)69(21-10-8-2)88(132)108(67)5/h11-14,16-19,23-26,38-40,46-47,53,58-70,94-95,112-114H,7-10,15,20-22,27-37,41-45,89H2,1-6H3,(H2,90,115)(H2,91,116)(H2,92,117)(H,93,97)(H,96,120)(H,98,118)(H,99,125)(H,100,123)(H,101,127)(H,102,126)(H,103,119)(H,104,124)(H,105,122)(H,106,121)/t47-,53+,58-,59-,60-,61-,62-,63-,64-,65?,66-,67-,68-,69-,70-/m0/s1. The van der Waals surface area contributed by atoms with Gasteiger partial charge in [0.1, 0.15) is 90.3 Å². The van der Waals surface area contributed by atoms with Crippen molar-refractivity contribution < 1.29 is 102 Å². The summed E-state index contributed by atoms with van der Waals surface area (Å²) in [6.45, 7) is 2.10. The molecule has 133 heavy (non-hydrogen) atoms. The summed E-state index contributed by atoms with van der Waals surface area (Å²) < 4.78 is 0. The third-order valence-electron chi connectivity index (χ3n) is 23.8. The van der Waals surface area contributed by atoms with Gasteiger partial charge in [-0.3, -0.25) is 86.3 Å². The fourth-order valence-electron chi connectivity index (χ4n) is 16.3. The second-order valence-corrected chi connectivity index (χ2v) is 34.5. The van der Waals surface area contributed by atoms with E-state index < -0.39 is 254 Å². The number of nitrogens with zero attached hydrogens (tertiary/aromatic N) is 6. The van der Waals surface area contributed by atoms with E-state index in [0.29, 0.717) is 64.2 Å². The molecule has 6 heterocycles. The molecule has 3 aliphatic rings. The molecular weight excluding hydrogens is 1750 g/mol. The zero-order valence-electron chi connectivity index (χ0n) is 75.0. The molecule has 24 N–H and O–H groups in total. The van der Waals surface area contributed by atoms with Crippen molar-refractivity contribution in [2.24, 2.45) is 22.9 Å². The van der Waals surface area contributed by atoms with Gasteiger partial charge in [-0.1, -0.05) is 88.1 Å². The Hall–Kier alpha value is -13.6. The number of aliphatic hydroxyl groups excluding tert-OH is 2. The number of benzene rings is 3. The summed E-state index contributed by atoms with van der Waals surface area (Å²) in [7, 11) is 3.87. The lowest BCUT2D eigenvalue weighted by Gasteiger charge is -2.36. The number of rotatable bonds is 25. The number of phenols is 1. The fraction of sp³-hybridized carbons (Fsp3) is 0.511. The van der Waals surface area contributed by atoms with E-state index in [1.54, 1.807) is 60.9 Å². The van der Waals surface area contributed by atoms with E-state index in [1.165, 1.54) is 64.9 Å². The quantitative estimate of drug-likeness (QED) is 0.0256. The van der Waals surface area contributed by atoms with Gasteiger partial charge in [0.15, 0.2) is 0 Å². The minimum atomic E-state index is -1.92. The van der Waals surface area contributed by atoms with Crippen LogP contribution in [0.1, 0.15) is 127 Å². The summed E-state index contributed by atoms with van der Waals surface area (Å²) >= 11 is 0.759. The largest absolute Gasteiger partial charge is 0.508 e. The van der Waals surface area contributed by atoms with E-state index >= 15 is 38.4 Å². The van der Waals surface area contributed by atoms with Crippen LogP contribution in [0.25, 0.3) is 21.8 Å². The Morgan fingerprint density at radius 3 is 1.65 bits per heavy atom. The number of fused-ring (bicyclic) bond motifs is 4. The zero-order chi connectivity index (χ0) is 97.0. The number of phenolic OH excluding ortho intramolecular Hbond substituents is 1. The van der Waals surface area contributed by atoms with Gasteiger partial charge >= 0.3 is 0 Å². The van der Waals surface area contributed by atoms with Gasteiger partial charge in [-0.15, -0.1) is 11.8 Å². The lowest BCUT2D eigenvalue weighted by Crippen LogP contribution is -2.62. The number of imidazole rings is 1. The highest BCUT2D eigenvalue weighted by atomic mass is 32.2. The lowest BCUT2D eigenvalue weighted by molar-refractivity contribution is -0.149. The number of carbonyl (C=O) groups is 18. The molecule has 3 saturated heterocycles. The van der Waals surface area contributed by atoms with Crippen molar-refractivity contribution in [3.05, 3.63) is 120 Å². The number of hydrogen-bond acceptors (Lipinski definition) is 24. The number of primary amides is 3. The van der Waals surface area contributed by atoms with Crippen LogP contribution in [0.2, 0.25) is 0 Å². The Labute approximate surface area is 770 Å². The van der Waals surface area contributed by atoms with Gasteiger partial charge in [0, 0.05) is 125 Å². The molecule has 45 heteroatoms. The Morgan fingerprint density at radius 1 is 0.526 bits per heavy atom. The molecule has 0 bridgehead atoms. The van der Waals surface area contributed by atoms with Gasteiger partial charge in [-0.2, -0.15) is 0 Å². The molecule has 0 saturated carbocycles. The highest BCUT2D eigenvalue weighted by molar-refractivity contribution is 8.00. The summed E-state index contributed by atoms with van der Waals surface area (Å²) in [6, 6.07) is -3.06. The average molecular weight is 1870 g/mol. The number of aromatic amines is 3. The SMILES string of the molecule is CCCC[C@H]1C(=O)N(C)[C@@H](CCCC)C(=O)N[C@@H](CCN)C(=O)N[C@H](C(=O)NCC(N)=O)CSCC(=O)N[C@@H](Cc2ccc(O)cc2)C(=O)N(C)[C@@H](C)C(=O)N[C@@H](CC(N)=O)C(=O)N2CCC[C@H]2C(=O)N[C@@H](Cc2cnc[nH]2)C(=O)N[C@@H](CCC(N)=O)C(=O)N2C[C@H](O)C[C@H]2C(=O)N[C@@H](Cc2c[nH]c3ccccc23)C(=O)NC(CO)C(=O)N[C@@H](Cc2c[nH]c3ccccc23)C(=O)N1C. The van der Waals surface area contributed by atoms with Gasteiger partial charge in [0.05, 0.1) is 37.8 Å². The second kappa shape index (κ2) is 49.1. The molecule has 3 aromatic carbocycles. The summed E-state index contributed by atoms with van der Waals surface area (Å²) in [5, 5.41) is 59.9. The Kier molecular flexibility index (Phi) is 38.1. The number of aromatic hydroxyl groups is 1. The minimum absolute atomic E-state index is 0.0103. The number of hydrogen-bond donors (Lipinski definition) is 20. The zero-order valence-corrected chi connectivity index (χ0v) is 75.8. The van der Waals surface area contributed by atoms with Crippen LogP contribution in [0.4, 0.5) is 0 Å². The van der Waals surface area contributed by atoms with E-state index in [-0.39, 0.29) is 82.3 Å². The van der Waals surface area contributed by atoms with Crippen LogP contribution in [0.3, 0.4) is 0 Å². The number of nitrogens with one attached hydrogen (secondary N) is 13. The maximum absolute atomic E-state index is 15.7. The molecular formula is C88H121N23O21S. The van der Waals surface area contributed by atoms with Gasteiger partial charge in [-0.25, -0.2) is 4.98 Å². The molecule has 15 atom stereocenters. The van der Waals surface area contributed by atoms with Crippen molar-refractivity contribution in [3.63, 3.8) is 0 Å². The highest BCUT2D eigenvalue weighted by Gasteiger charge is 2.47. The molecule has 1 unspecified atom stereocenters. The summed E-state index contributed by atoms with van der Waals surface area (Å²) in [6.07, 6.45) is 2.01. The molecule has 3 fully saturated rings. The third kappa shape index (κ3) is 28.2. The average Bonchev–Trinajstić information content (AvgIpc) is 1.66. The monoisotopic (exact) mass is 1870 g/mol. The van der Waals surface area contributed by atoms with Crippen molar-refractivity contribution in [1.29, 1.82) is 0 Å². The predicted octanol–water partition coefficient (Wildman–Crippen LogP) is -4.62. The number of likely N-dealkylation sites (N-methyl/N-ethyl adjacent to an activating group) is 3. The van der Waals surface area contributed by atoms with Crippen molar-refractivity contribution in [2.75, 3.05) is 65.4 Å². The van der Waals surface area contributed by atoms with Crippen LogP contribution in [0.5, 0.6) is 5.75 Å². The van der Waals surface area contributed by atoms with Crippen LogP contribution in [0.15, 0.2) is 97.7 Å². The summed E-state index contributed by atoms with van der Waals surface area (Å²) in [5.74, 6) is -18.8. The number of amides is 18. The molecule has 720 valence electrons. The van der Waals surface area contributed by atoms with Gasteiger partial charge in [0.2, 0.25) is 106 Å². The van der Waals surface area contributed by atoms with E-state index in [1.807, 2.05) is 13.8 Å². The van der Waals surface area contributed by atoms with Crippen LogP contribution in [-0.2, 0) is 112 Å². The van der Waals surface area contributed by atoms with Gasteiger partial charge in [-0.05, 0) is 92.9 Å². The number of nitrogens with two attached hydrogens (primary N) is 4. The molecule has 3 aromatic heterocycles. The number of thioether (sulfide) groups is 1. The normalized spacial score (nSPS) is 24.9. The first-order valence-corrected chi connectivity index (χ1v) is 45.3. The molecule has 6 aromatic rings. The van der Waals surface area contributed by atoms with Crippen LogP contribution >= 0.6 is 11.8 Å². The Morgan fingerprint density at radius 2 is 1.06 bits per heavy atom. The number of aromatic nitrogens is 4. The predicted molar refractivity (Wildman–Crippen MR) is 483 cm³/mol. The number of carbonyl (C=O) groups excluding carboxylic acids is 18. The number of unbranched alkanes of at least 4 members (excludes halogenated alkanes) is 2. The topological polar surface area (TPSA) is 669 Å². The first kappa shape index (κ1) is 103. The molecule has 0 radical (unpaired) electrons. The van der Waals surface area contributed by atoms with E-state index in [9.17, 15) is 63.3 Å². The maximum atomic E-state index is 15.7. The smallest absolute Gasteiger partial charge is 0.246 e. The third-order valence-corrected chi connectivity index (χ3v) is 24.8. The summed E-state index contributed by atoms with van der Waals surface area (Å²) in [4.78, 5) is 280. The van der Waals surface area contributed by atoms with E-state index in [2.05, 4.69) is 73.1 Å². The van der Waals surface area contributed by atoms with E-state index in [0.717, 1.165) is 36.3 Å². The number of aliphatic hydroxyl groups is 2. The van der Waals surface area contributed by atoms with Crippen LogP contribution in [-0.4, -0.2) is 322 Å². The van der Waals surface area contributed by atoms with Crippen molar-refractivity contribution in [3.8, 4) is 5.75 Å². The maximum Gasteiger partial charge on any atom is 0.246 e. The minimum Gasteiger partial charge on any atom is -0.508 e. The molecule has 44 nitrogen and oxygen atoms in total. The second-order valence-electron chi connectivity index (χ2n) is 33.4. The van der Waals surface area contributed by atoms with Crippen molar-refractivity contribution in [1.82, 2.24) is 97.6 Å². The molecule has 0 aliphatic carbocycles. The molecule has 18 amide bonds. The first-order chi connectivity index (χ1) is 63.4. The fourth-order valence-corrected chi connectivity index (χ4v) is 17.1. The van der Waals surface area contributed by atoms with Gasteiger partial charge in [0.25, 0.3) is 0 Å². The van der Waals surface area contributed by atoms with Gasteiger partial charge < -0.3 is 131 Å². The molecule has 9 rings (SSSR count). The Bertz CT molecular complexity index is 5170. The van der Waals surface area contributed by atoms with Crippen LogP contribution < -0.4 is 76.1 Å². The van der Waals surface area contributed by atoms with Crippen molar-refractivity contribution in [2.45, 2.75) is 221 Å². The molecule has 3 aliphatic heterocycles.